The van der Waals surface area contributed by atoms with E-state index in [0.717, 1.165) is 26.1 Å². The van der Waals surface area contributed by atoms with Crippen LogP contribution in [0.15, 0.2) is 24.3 Å². The van der Waals surface area contributed by atoms with Gasteiger partial charge in [0.15, 0.2) is 0 Å². The molecule has 4 nitrogen and oxygen atoms in total. The molecule has 1 aromatic rings. The maximum absolute atomic E-state index is 11.2. The van der Waals surface area contributed by atoms with E-state index >= 15 is 0 Å². The second-order valence-corrected chi connectivity index (χ2v) is 5.00. The Morgan fingerprint density at radius 3 is 2.60 bits per heavy atom. The number of carboxylic acid groups (broad SMARTS) is 1. The fourth-order valence-corrected chi connectivity index (χ4v) is 2.28. The second kappa shape index (κ2) is 8.59. The Hall–Kier alpha value is -1.55. The Labute approximate surface area is 121 Å². The van der Waals surface area contributed by atoms with E-state index in [0.29, 0.717) is 6.42 Å². The largest absolute Gasteiger partial charge is 0.480 e. The highest BCUT2D eigenvalue weighted by Gasteiger charge is 2.17. The third-order valence-electron chi connectivity index (χ3n) is 3.46. The van der Waals surface area contributed by atoms with E-state index in [2.05, 4.69) is 36.2 Å². The van der Waals surface area contributed by atoms with Gasteiger partial charge in [0, 0.05) is 18.8 Å². The Morgan fingerprint density at radius 2 is 2.05 bits per heavy atom. The molecule has 0 fully saturated rings. The van der Waals surface area contributed by atoms with E-state index in [9.17, 15) is 9.90 Å². The highest BCUT2D eigenvalue weighted by atomic mass is 16.4. The molecule has 0 aliphatic rings. The van der Waals surface area contributed by atoms with E-state index < -0.39 is 12.0 Å². The number of aliphatic carboxylic acids is 1. The summed E-state index contributed by atoms with van der Waals surface area (Å²) in [6, 6.07) is 7.76. The molecule has 1 aromatic carbocycles. The quantitative estimate of drug-likeness (QED) is 0.729. The number of hydrogen-bond acceptors (Lipinski definition) is 3. The van der Waals surface area contributed by atoms with Crippen LogP contribution in [0.1, 0.15) is 32.3 Å². The highest BCUT2D eigenvalue weighted by molar-refractivity contribution is 5.73. The minimum absolute atomic E-state index is 0.465. The third-order valence-corrected chi connectivity index (χ3v) is 3.46. The van der Waals surface area contributed by atoms with Gasteiger partial charge in [-0.2, -0.15) is 0 Å². The predicted molar refractivity (Wildman–Crippen MR) is 83.4 cm³/mol. The summed E-state index contributed by atoms with van der Waals surface area (Å²) in [7, 11) is 0. The van der Waals surface area contributed by atoms with Crippen molar-refractivity contribution in [3.63, 3.8) is 0 Å². The molecule has 0 bridgehead atoms. The van der Waals surface area contributed by atoms with Crippen molar-refractivity contribution < 1.29 is 9.90 Å². The zero-order valence-electron chi connectivity index (χ0n) is 12.7. The van der Waals surface area contributed by atoms with Crippen molar-refractivity contribution in [1.82, 2.24) is 5.32 Å². The summed E-state index contributed by atoms with van der Waals surface area (Å²) in [6.07, 6.45) is 1.55. The Balaban J connectivity index is 2.64. The Morgan fingerprint density at radius 1 is 1.35 bits per heavy atom. The molecule has 0 amide bonds. The summed E-state index contributed by atoms with van der Waals surface area (Å²) in [4.78, 5) is 13.5. The topological polar surface area (TPSA) is 52.6 Å². The lowest BCUT2D eigenvalue weighted by Gasteiger charge is -2.26. The van der Waals surface area contributed by atoms with Crippen molar-refractivity contribution in [2.24, 2.45) is 0 Å². The Kier molecular flexibility index (Phi) is 7.09. The standard InChI is InChI=1S/C16H26N2O2/c1-4-11-17-14(16(19)20)10-12-18(5-2)15-9-7-6-8-13(15)3/h6-9,14,17H,4-5,10-12H2,1-3H3,(H,19,20). The second-order valence-electron chi connectivity index (χ2n) is 5.00. The van der Waals surface area contributed by atoms with E-state index in [-0.39, 0.29) is 0 Å². The number of hydrogen-bond donors (Lipinski definition) is 2. The molecule has 0 spiro atoms. The van der Waals surface area contributed by atoms with Crippen LogP contribution in [0.2, 0.25) is 0 Å². The number of carbonyl (C=O) groups is 1. The number of nitrogens with zero attached hydrogens (tertiary/aromatic N) is 1. The summed E-state index contributed by atoms with van der Waals surface area (Å²) in [5.41, 5.74) is 2.41. The summed E-state index contributed by atoms with van der Waals surface area (Å²) in [5.74, 6) is -0.765. The average Bonchev–Trinajstić information content (AvgIpc) is 2.43. The van der Waals surface area contributed by atoms with Crippen molar-refractivity contribution in [2.45, 2.75) is 39.7 Å². The van der Waals surface area contributed by atoms with Gasteiger partial charge in [-0.05, 0) is 44.9 Å². The van der Waals surface area contributed by atoms with Gasteiger partial charge in [0.2, 0.25) is 0 Å². The number of benzene rings is 1. The van der Waals surface area contributed by atoms with Gasteiger partial charge in [0.05, 0.1) is 0 Å². The fourth-order valence-electron chi connectivity index (χ4n) is 2.28. The molecule has 0 aromatic heterocycles. The van der Waals surface area contributed by atoms with Gasteiger partial charge < -0.3 is 15.3 Å². The van der Waals surface area contributed by atoms with Crippen molar-refractivity contribution in [1.29, 1.82) is 0 Å². The fraction of sp³-hybridized carbons (Fsp3) is 0.562. The van der Waals surface area contributed by atoms with Crippen molar-refractivity contribution in [2.75, 3.05) is 24.5 Å². The number of carboxylic acids is 1. The first-order valence-corrected chi connectivity index (χ1v) is 7.36. The molecule has 4 heteroatoms. The zero-order chi connectivity index (χ0) is 15.0. The van der Waals surface area contributed by atoms with Crippen LogP contribution < -0.4 is 10.2 Å². The van der Waals surface area contributed by atoms with Crippen LogP contribution in [0.3, 0.4) is 0 Å². The number of nitrogens with one attached hydrogen (secondary N) is 1. The predicted octanol–water partition coefficient (Wildman–Crippen LogP) is 2.66. The first kappa shape index (κ1) is 16.5. The molecule has 0 saturated heterocycles. The summed E-state index contributed by atoms with van der Waals surface area (Å²) < 4.78 is 0. The first-order chi connectivity index (χ1) is 9.60. The van der Waals surface area contributed by atoms with Crippen molar-refractivity contribution in [3.05, 3.63) is 29.8 Å². The highest BCUT2D eigenvalue weighted by Crippen LogP contribution is 2.19. The SMILES string of the molecule is CCCNC(CCN(CC)c1ccccc1C)C(=O)O. The number of rotatable bonds is 9. The molecule has 0 radical (unpaired) electrons. The van der Waals surface area contributed by atoms with Gasteiger partial charge in [-0.1, -0.05) is 25.1 Å². The van der Waals surface area contributed by atoms with Crippen LogP contribution >= 0.6 is 0 Å². The molecular formula is C16H26N2O2. The molecule has 1 unspecified atom stereocenters. The third kappa shape index (κ3) is 4.85. The van der Waals surface area contributed by atoms with Crippen LogP contribution in [0, 0.1) is 6.92 Å². The van der Waals surface area contributed by atoms with E-state index in [1.165, 1.54) is 11.3 Å². The lowest BCUT2D eigenvalue weighted by molar-refractivity contribution is -0.139. The van der Waals surface area contributed by atoms with E-state index in [1.807, 2.05) is 19.1 Å². The molecule has 1 atom stereocenters. The van der Waals surface area contributed by atoms with Gasteiger partial charge in [0.1, 0.15) is 6.04 Å². The zero-order valence-corrected chi connectivity index (χ0v) is 12.7. The number of aryl methyl sites for hydroxylation is 1. The van der Waals surface area contributed by atoms with Crippen LogP contribution in [0.5, 0.6) is 0 Å². The van der Waals surface area contributed by atoms with E-state index in [4.69, 9.17) is 0 Å². The molecule has 1 rings (SSSR count). The van der Waals surface area contributed by atoms with Crippen LogP contribution in [0.25, 0.3) is 0 Å². The normalized spacial score (nSPS) is 12.2. The molecule has 0 heterocycles. The maximum atomic E-state index is 11.2. The van der Waals surface area contributed by atoms with Crippen LogP contribution in [-0.4, -0.2) is 36.8 Å². The summed E-state index contributed by atoms with van der Waals surface area (Å²) in [5, 5.41) is 12.3. The maximum Gasteiger partial charge on any atom is 0.320 e. The van der Waals surface area contributed by atoms with Gasteiger partial charge >= 0.3 is 5.97 Å². The molecule has 2 N–H and O–H groups in total. The minimum Gasteiger partial charge on any atom is -0.480 e. The van der Waals surface area contributed by atoms with Gasteiger partial charge in [-0.3, -0.25) is 4.79 Å². The van der Waals surface area contributed by atoms with Gasteiger partial charge in [0.25, 0.3) is 0 Å². The van der Waals surface area contributed by atoms with Gasteiger partial charge in [-0.15, -0.1) is 0 Å². The molecule has 0 saturated carbocycles. The molecule has 0 aliphatic carbocycles. The number of para-hydroxylation sites is 1. The Bertz CT molecular complexity index is 421. The average molecular weight is 278 g/mol. The monoisotopic (exact) mass is 278 g/mol. The van der Waals surface area contributed by atoms with Crippen LogP contribution in [0.4, 0.5) is 5.69 Å². The lowest BCUT2D eigenvalue weighted by atomic mass is 10.1. The minimum atomic E-state index is -0.765. The molecular weight excluding hydrogens is 252 g/mol. The molecule has 112 valence electrons. The van der Waals surface area contributed by atoms with Gasteiger partial charge in [-0.25, -0.2) is 0 Å². The number of anilines is 1. The first-order valence-electron chi connectivity index (χ1n) is 7.36. The van der Waals surface area contributed by atoms with E-state index in [1.54, 1.807) is 0 Å². The lowest BCUT2D eigenvalue weighted by Crippen LogP contribution is -2.40. The molecule has 0 aliphatic heterocycles. The summed E-state index contributed by atoms with van der Waals surface area (Å²) in [6.45, 7) is 8.59. The smallest absolute Gasteiger partial charge is 0.320 e. The summed E-state index contributed by atoms with van der Waals surface area (Å²) >= 11 is 0. The van der Waals surface area contributed by atoms with Crippen LogP contribution in [-0.2, 0) is 4.79 Å². The molecule has 20 heavy (non-hydrogen) atoms. The van der Waals surface area contributed by atoms with Crippen molar-refractivity contribution in [3.8, 4) is 0 Å². The van der Waals surface area contributed by atoms with Crippen molar-refractivity contribution >= 4 is 11.7 Å².